The Kier molecular flexibility index (Phi) is 5.93. The molecule has 3 rings (SSSR count). The van der Waals surface area contributed by atoms with Gasteiger partial charge in [-0.05, 0) is 31.5 Å². The molecule has 1 N–H and O–H groups in total. The van der Waals surface area contributed by atoms with Gasteiger partial charge < -0.3 is 14.5 Å². The van der Waals surface area contributed by atoms with Crippen LogP contribution in [-0.4, -0.2) is 24.3 Å². The Morgan fingerprint density at radius 1 is 1.17 bits per heavy atom. The predicted octanol–water partition coefficient (Wildman–Crippen LogP) is 4.18. The van der Waals surface area contributed by atoms with Crippen LogP contribution in [0.2, 0.25) is 0 Å². The van der Waals surface area contributed by atoms with Crippen molar-refractivity contribution in [2.24, 2.45) is 0 Å². The van der Waals surface area contributed by atoms with Gasteiger partial charge in [-0.3, -0.25) is 9.59 Å². The van der Waals surface area contributed by atoms with E-state index in [1.807, 2.05) is 0 Å². The predicted molar refractivity (Wildman–Crippen MR) is 110 cm³/mol. The lowest BCUT2D eigenvalue weighted by Crippen LogP contribution is -2.21. The Morgan fingerprint density at radius 2 is 1.90 bits per heavy atom. The number of ether oxygens (including phenoxy) is 1. The second-order valence-corrected chi connectivity index (χ2v) is 7.22. The zero-order valence-electron chi connectivity index (χ0n) is 16.2. The number of esters is 1. The molecule has 0 aliphatic rings. The summed E-state index contributed by atoms with van der Waals surface area (Å²) in [5, 5.41) is 3.33. The second kappa shape index (κ2) is 8.40. The third kappa shape index (κ3) is 3.97. The number of nitrogens with one attached hydrogen (secondary N) is 1. The molecule has 29 heavy (non-hydrogen) atoms. The highest BCUT2D eigenvalue weighted by Gasteiger charge is 2.27. The van der Waals surface area contributed by atoms with Crippen molar-refractivity contribution >= 4 is 45.0 Å². The van der Waals surface area contributed by atoms with Crippen molar-refractivity contribution in [3.63, 3.8) is 0 Å². The maximum atomic E-state index is 12.8. The summed E-state index contributed by atoms with van der Waals surface area (Å²) in [6, 6.07) is 8.25. The van der Waals surface area contributed by atoms with Crippen LogP contribution in [0, 0.1) is 6.92 Å². The van der Waals surface area contributed by atoms with E-state index in [0.29, 0.717) is 21.4 Å². The van der Waals surface area contributed by atoms with Crippen LogP contribution in [0.3, 0.4) is 0 Å². The van der Waals surface area contributed by atoms with Crippen LogP contribution in [-0.2, 0) is 4.74 Å². The Balaban J connectivity index is 2.04. The fraction of sp³-hybridized carbons (Fsp3) is 0.238. The van der Waals surface area contributed by atoms with Gasteiger partial charge in [0.05, 0.1) is 17.0 Å². The molecule has 1 aromatic carbocycles. The molecule has 2 aromatic heterocycles. The molecule has 150 valence electrons. The Labute approximate surface area is 170 Å². The lowest BCUT2D eigenvalue weighted by Gasteiger charge is -2.07. The molecule has 0 fully saturated rings. The van der Waals surface area contributed by atoms with Gasteiger partial charge in [-0.15, -0.1) is 11.3 Å². The molecule has 0 atom stereocenters. The number of carbonyl (C=O) groups excluding carboxylic acids is 3. The van der Waals surface area contributed by atoms with Crippen LogP contribution < -0.4 is 10.9 Å². The number of rotatable bonds is 6. The molecule has 0 aliphatic carbocycles. The number of amides is 1. The first-order chi connectivity index (χ1) is 13.9. The van der Waals surface area contributed by atoms with E-state index < -0.39 is 17.5 Å². The molecule has 0 radical (unpaired) electrons. The van der Waals surface area contributed by atoms with Crippen LogP contribution >= 0.6 is 11.3 Å². The molecular weight excluding hydrogens is 394 g/mol. The number of anilines is 1. The molecule has 0 spiro atoms. The standard InChI is InChI=1S/C21H19NO6S/c1-4-14(23)17-11(3)16(21(26)27-5-2)19(29-17)22-18(24)13-10-12-8-6-7-9-15(12)28-20(13)25/h6-10H,4-5H2,1-3H3,(H,22,24). The molecule has 0 unspecified atom stereocenters. The number of Topliss-reactive ketones (excluding diaryl/α,β-unsaturated/α-hetero) is 1. The van der Waals surface area contributed by atoms with E-state index in [9.17, 15) is 19.2 Å². The monoisotopic (exact) mass is 413 g/mol. The number of thiophene rings is 1. The zero-order chi connectivity index (χ0) is 21.1. The molecule has 8 heteroatoms. The highest BCUT2D eigenvalue weighted by Crippen LogP contribution is 2.35. The van der Waals surface area contributed by atoms with Gasteiger partial charge >= 0.3 is 11.6 Å². The van der Waals surface area contributed by atoms with Crippen molar-refractivity contribution in [1.29, 1.82) is 0 Å². The van der Waals surface area contributed by atoms with Gasteiger partial charge in [0.2, 0.25) is 0 Å². The highest BCUT2D eigenvalue weighted by molar-refractivity contribution is 7.18. The maximum Gasteiger partial charge on any atom is 0.349 e. The average Bonchev–Trinajstić information content (AvgIpc) is 3.02. The molecule has 0 aliphatic heterocycles. The van der Waals surface area contributed by atoms with Crippen LogP contribution in [0.4, 0.5) is 5.00 Å². The molecule has 2 heterocycles. The Bertz CT molecular complexity index is 1170. The smallest absolute Gasteiger partial charge is 0.349 e. The van der Waals surface area contributed by atoms with Gasteiger partial charge in [-0.25, -0.2) is 9.59 Å². The minimum atomic E-state index is -0.794. The number of carbonyl (C=O) groups is 3. The Morgan fingerprint density at radius 3 is 2.59 bits per heavy atom. The van der Waals surface area contributed by atoms with Crippen LogP contribution in [0.15, 0.2) is 39.5 Å². The number of hydrogen-bond donors (Lipinski definition) is 1. The third-order valence-corrected chi connectivity index (χ3v) is 5.56. The average molecular weight is 413 g/mol. The van der Waals surface area contributed by atoms with Gasteiger partial charge in [-0.1, -0.05) is 25.1 Å². The van der Waals surface area contributed by atoms with E-state index in [1.54, 1.807) is 45.0 Å². The van der Waals surface area contributed by atoms with Crippen molar-refractivity contribution < 1.29 is 23.5 Å². The van der Waals surface area contributed by atoms with Crippen molar-refractivity contribution in [2.45, 2.75) is 27.2 Å². The molecule has 3 aromatic rings. The number of fused-ring (bicyclic) bond motifs is 1. The summed E-state index contributed by atoms with van der Waals surface area (Å²) in [4.78, 5) is 50.0. The van der Waals surface area contributed by atoms with E-state index in [4.69, 9.17) is 9.15 Å². The van der Waals surface area contributed by atoms with Gasteiger partial charge in [0.25, 0.3) is 5.91 Å². The summed E-state index contributed by atoms with van der Waals surface area (Å²) in [7, 11) is 0. The topological polar surface area (TPSA) is 103 Å². The summed E-state index contributed by atoms with van der Waals surface area (Å²) < 4.78 is 10.3. The minimum Gasteiger partial charge on any atom is -0.462 e. The second-order valence-electron chi connectivity index (χ2n) is 6.20. The van der Waals surface area contributed by atoms with Crippen molar-refractivity contribution in [3.8, 4) is 0 Å². The molecule has 0 bridgehead atoms. The first kappa shape index (κ1) is 20.5. The SMILES string of the molecule is CCOC(=O)c1c(NC(=O)c2cc3ccccc3oc2=O)sc(C(=O)CC)c1C. The van der Waals surface area contributed by atoms with E-state index >= 15 is 0 Å². The molecule has 1 amide bonds. The van der Waals surface area contributed by atoms with E-state index in [2.05, 4.69) is 5.32 Å². The number of hydrogen-bond acceptors (Lipinski definition) is 7. The van der Waals surface area contributed by atoms with Crippen LogP contribution in [0.25, 0.3) is 11.0 Å². The minimum absolute atomic E-state index is 0.118. The van der Waals surface area contributed by atoms with E-state index in [1.165, 1.54) is 6.07 Å². The maximum absolute atomic E-state index is 12.8. The highest BCUT2D eigenvalue weighted by atomic mass is 32.1. The lowest BCUT2D eigenvalue weighted by molar-refractivity contribution is 0.0527. The first-order valence-corrected chi connectivity index (χ1v) is 9.86. The quantitative estimate of drug-likeness (QED) is 0.369. The fourth-order valence-corrected chi connectivity index (χ4v) is 4.07. The van der Waals surface area contributed by atoms with E-state index in [-0.39, 0.29) is 34.9 Å². The first-order valence-electron chi connectivity index (χ1n) is 9.05. The lowest BCUT2D eigenvalue weighted by atomic mass is 10.1. The zero-order valence-corrected chi connectivity index (χ0v) is 17.0. The number of benzene rings is 1. The summed E-state index contributed by atoms with van der Waals surface area (Å²) in [5.74, 6) is -1.52. The van der Waals surface area contributed by atoms with Gasteiger partial charge in [-0.2, -0.15) is 0 Å². The summed E-state index contributed by atoms with van der Waals surface area (Å²) in [5.41, 5.74) is -0.0673. The summed E-state index contributed by atoms with van der Waals surface area (Å²) in [6.07, 6.45) is 0.255. The molecular formula is C21H19NO6S. The molecule has 0 saturated heterocycles. The van der Waals surface area contributed by atoms with Crippen molar-refractivity contribution in [1.82, 2.24) is 0 Å². The van der Waals surface area contributed by atoms with Gasteiger partial charge in [0.15, 0.2) is 5.78 Å². The molecule has 7 nitrogen and oxygen atoms in total. The number of para-hydroxylation sites is 1. The van der Waals surface area contributed by atoms with Crippen molar-refractivity contribution in [3.05, 3.63) is 62.3 Å². The normalized spacial score (nSPS) is 10.7. The number of ketones is 1. The van der Waals surface area contributed by atoms with Crippen LogP contribution in [0.5, 0.6) is 0 Å². The van der Waals surface area contributed by atoms with Gasteiger partial charge in [0, 0.05) is 11.8 Å². The van der Waals surface area contributed by atoms with E-state index in [0.717, 1.165) is 11.3 Å². The summed E-state index contributed by atoms with van der Waals surface area (Å²) in [6.45, 7) is 5.15. The summed E-state index contributed by atoms with van der Waals surface area (Å²) >= 11 is 0.991. The fourth-order valence-electron chi connectivity index (χ4n) is 2.87. The Hall–Kier alpha value is -3.26. The third-order valence-electron chi connectivity index (χ3n) is 4.31. The largest absolute Gasteiger partial charge is 0.462 e. The van der Waals surface area contributed by atoms with Crippen molar-refractivity contribution in [2.75, 3.05) is 11.9 Å². The van der Waals surface area contributed by atoms with Crippen LogP contribution in [0.1, 0.15) is 56.2 Å². The molecule has 0 saturated carbocycles. The van der Waals surface area contributed by atoms with Gasteiger partial charge in [0.1, 0.15) is 16.1 Å².